The first kappa shape index (κ1) is 34.1. The number of ether oxygens (including phenoxy) is 2. The van der Waals surface area contributed by atoms with Crippen molar-refractivity contribution in [1.29, 1.82) is 0 Å². The molecule has 0 bridgehead atoms. The second-order valence-corrected chi connectivity index (χ2v) is 10.7. The number of primary amides is 1. The van der Waals surface area contributed by atoms with Crippen LogP contribution in [0.2, 0.25) is 0 Å². The molecule has 8 nitrogen and oxygen atoms in total. The Morgan fingerprint density at radius 1 is 0.861 bits per heavy atom. The summed E-state index contributed by atoms with van der Waals surface area (Å²) in [6.07, 6.45) is 14.0. The molecule has 0 saturated heterocycles. The van der Waals surface area contributed by atoms with Crippen molar-refractivity contribution < 1.29 is 33.4 Å². The van der Waals surface area contributed by atoms with Crippen LogP contribution in [0.15, 0.2) is 12.2 Å². The summed E-state index contributed by atoms with van der Waals surface area (Å²) in [6, 6.07) is 0. The van der Waals surface area contributed by atoms with E-state index >= 15 is 0 Å². The van der Waals surface area contributed by atoms with Gasteiger partial charge in [-0.2, -0.15) is 0 Å². The number of hydrogen-bond donors (Lipinski definition) is 2. The van der Waals surface area contributed by atoms with Crippen LogP contribution in [-0.2, 0) is 23.9 Å². The van der Waals surface area contributed by atoms with E-state index in [0.717, 1.165) is 68.8 Å². The lowest BCUT2D eigenvalue weighted by molar-refractivity contribution is -0.870. The Balaban J connectivity index is 4.26. The van der Waals surface area contributed by atoms with Crippen LogP contribution in [0.3, 0.4) is 0 Å². The van der Waals surface area contributed by atoms with Gasteiger partial charge in [0.05, 0.1) is 27.2 Å². The lowest BCUT2D eigenvalue weighted by atomic mass is 10.0. The second kappa shape index (κ2) is 21.2. The van der Waals surface area contributed by atoms with Gasteiger partial charge < -0.3 is 24.8 Å². The van der Waals surface area contributed by atoms with E-state index < -0.39 is 12.2 Å². The quantitative estimate of drug-likeness (QED) is 0.0904. The Kier molecular flexibility index (Phi) is 20.0. The topological polar surface area (TPSA) is 116 Å². The Morgan fingerprint density at radius 2 is 1.53 bits per heavy atom. The van der Waals surface area contributed by atoms with Crippen LogP contribution < -0.4 is 5.73 Å². The molecular weight excluding hydrogens is 460 g/mol. The number of nitrogens with zero attached hydrogens (tertiary/aromatic N) is 1. The molecule has 0 radical (unpaired) electrons. The highest BCUT2D eigenvalue weighted by molar-refractivity contribution is 5.73. The summed E-state index contributed by atoms with van der Waals surface area (Å²) in [5.74, 6) is -0.914. The number of unbranched alkanes of at least 4 members (excludes halogenated alkanes) is 7. The van der Waals surface area contributed by atoms with E-state index in [0.29, 0.717) is 32.3 Å². The number of aliphatic hydroxyl groups excluding tert-OH is 1. The largest absolute Gasteiger partial charge is 0.460 e. The lowest BCUT2D eigenvalue weighted by Crippen LogP contribution is -2.38. The molecule has 2 unspecified atom stereocenters. The minimum absolute atomic E-state index is 0.136. The molecule has 1 amide bonds. The normalized spacial score (nSPS) is 13.5. The third kappa shape index (κ3) is 22.5. The summed E-state index contributed by atoms with van der Waals surface area (Å²) in [4.78, 5) is 34.9. The molecule has 0 aromatic heterocycles. The minimum Gasteiger partial charge on any atom is -0.460 e. The van der Waals surface area contributed by atoms with E-state index in [1.807, 2.05) is 27.2 Å². The first-order valence-electron chi connectivity index (χ1n) is 13.8. The summed E-state index contributed by atoms with van der Waals surface area (Å²) in [5.41, 5.74) is 5.14. The summed E-state index contributed by atoms with van der Waals surface area (Å²) in [6.45, 7) is 3.21. The van der Waals surface area contributed by atoms with Crippen molar-refractivity contribution >= 4 is 17.8 Å². The molecule has 210 valence electrons. The second-order valence-electron chi connectivity index (χ2n) is 10.7. The zero-order chi connectivity index (χ0) is 27.2. The molecule has 0 rings (SSSR count). The highest BCUT2D eigenvalue weighted by Crippen LogP contribution is 2.16. The Bertz CT molecular complexity index is 630. The fourth-order valence-corrected chi connectivity index (χ4v) is 3.63. The highest BCUT2D eigenvalue weighted by Gasteiger charge is 2.22. The molecule has 2 atom stereocenters. The van der Waals surface area contributed by atoms with Crippen molar-refractivity contribution in [3.8, 4) is 0 Å². The standard InChI is InChI=1S/C28H52N2O6/c1-5-6-13-18-25(24(31)17-14-11-9-7-8-10-12-15-19-26(29)32)36-28(34)21-16-20-27(33)35-23-22-30(2,3)4/h11,14,24-25,31H,5-10,12-13,15-23H2,1-4H3,(H-,29,32)/p+1. The van der Waals surface area contributed by atoms with Crippen molar-refractivity contribution in [1.82, 2.24) is 0 Å². The number of nitrogens with two attached hydrogens (primary N) is 1. The van der Waals surface area contributed by atoms with Crippen LogP contribution in [-0.4, -0.2) is 73.9 Å². The number of amides is 1. The number of rotatable bonds is 23. The minimum atomic E-state index is -0.739. The molecule has 0 fully saturated rings. The molecule has 0 aliphatic heterocycles. The number of allylic oxidation sites excluding steroid dienone is 1. The Hall–Kier alpha value is -1.93. The van der Waals surface area contributed by atoms with Crippen LogP contribution in [0.5, 0.6) is 0 Å². The molecule has 8 heteroatoms. The van der Waals surface area contributed by atoms with E-state index in [4.69, 9.17) is 15.2 Å². The van der Waals surface area contributed by atoms with Gasteiger partial charge in [0.25, 0.3) is 0 Å². The van der Waals surface area contributed by atoms with E-state index in [1.54, 1.807) is 0 Å². The molecular formula is C28H53N2O6+. The fourth-order valence-electron chi connectivity index (χ4n) is 3.63. The molecule has 0 saturated carbocycles. The first-order chi connectivity index (χ1) is 17.0. The van der Waals surface area contributed by atoms with Gasteiger partial charge in [0.15, 0.2) is 0 Å². The predicted molar refractivity (Wildman–Crippen MR) is 143 cm³/mol. The maximum Gasteiger partial charge on any atom is 0.306 e. The molecule has 0 heterocycles. The number of esters is 2. The van der Waals surface area contributed by atoms with Gasteiger partial charge in [-0.05, 0) is 44.9 Å². The summed E-state index contributed by atoms with van der Waals surface area (Å²) in [5, 5.41) is 10.6. The number of carbonyl (C=O) groups excluding carboxylic acids is 3. The number of aliphatic hydroxyl groups is 1. The number of likely N-dealkylation sites (N-methyl/N-ethyl adjacent to an activating group) is 1. The van der Waals surface area contributed by atoms with Crippen LogP contribution in [0.4, 0.5) is 0 Å². The van der Waals surface area contributed by atoms with Gasteiger partial charge in [-0.3, -0.25) is 14.4 Å². The highest BCUT2D eigenvalue weighted by atomic mass is 16.6. The lowest BCUT2D eigenvalue weighted by Gasteiger charge is -2.23. The molecule has 0 aromatic carbocycles. The number of quaternary nitrogens is 1. The molecule has 0 aliphatic rings. The van der Waals surface area contributed by atoms with Crippen molar-refractivity contribution in [2.75, 3.05) is 34.3 Å². The van der Waals surface area contributed by atoms with Gasteiger partial charge >= 0.3 is 11.9 Å². The third-order valence-corrected chi connectivity index (χ3v) is 5.93. The van der Waals surface area contributed by atoms with E-state index in [-0.39, 0.29) is 30.7 Å². The van der Waals surface area contributed by atoms with Crippen LogP contribution >= 0.6 is 0 Å². The third-order valence-electron chi connectivity index (χ3n) is 5.93. The van der Waals surface area contributed by atoms with E-state index in [2.05, 4.69) is 13.0 Å². The summed E-state index contributed by atoms with van der Waals surface area (Å²) >= 11 is 0. The monoisotopic (exact) mass is 513 g/mol. The maximum absolute atomic E-state index is 12.3. The molecule has 3 N–H and O–H groups in total. The van der Waals surface area contributed by atoms with Crippen LogP contribution in [0.1, 0.15) is 103 Å². The molecule has 36 heavy (non-hydrogen) atoms. The molecule has 0 aromatic rings. The fraction of sp³-hybridized carbons (Fsp3) is 0.821. The summed E-state index contributed by atoms with van der Waals surface area (Å²) in [7, 11) is 6.09. The van der Waals surface area contributed by atoms with Gasteiger partial charge in [0, 0.05) is 19.3 Å². The van der Waals surface area contributed by atoms with Crippen molar-refractivity contribution in [3.05, 3.63) is 12.2 Å². The smallest absolute Gasteiger partial charge is 0.306 e. The van der Waals surface area contributed by atoms with Gasteiger partial charge in [-0.1, -0.05) is 51.2 Å². The zero-order valence-electron chi connectivity index (χ0n) is 23.3. The first-order valence-corrected chi connectivity index (χ1v) is 13.8. The van der Waals surface area contributed by atoms with Crippen LogP contribution in [0.25, 0.3) is 0 Å². The maximum atomic E-state index is 12.3. The molecule has 0 aliphatic carbocycles. The number of carbonyl (C=O) groups is 3. The van der Waals surface area contributed by atoms with Crippen molar-refractivity contribution in [3.63, 3.8) is 0 Å². The van der Waals surface area contributed by atoms with E-state index in [9.17, 15) is 19.5 Å². The van der Waals surface area contributed by atoms with Gasteiger partial charge in [0.2, 0.25) is 5.91 Å². The van der Waals surface area contributed by atoms with Gasteiger partial charge in [0.1, 0.15) is 19.3 Å². The Labute approximate surface area is 219 Å². The predicted octanol–water partition coefficient (Wildman–Crippen LogP) is 4.42. The molecule has 0 spiro atoms. The van der Waals surface area contributed by atoms with Crippen LogP contribution in [0, 0.1) is 0 Å². The van der Waals surface area contributed by atoms with Gasteiger partial charge in [-0.15, -0.1) is 0 Å². The van der Waals surface area contributed by atoms with Crippen molar-refractivity contribution in [2.45, 2.75) is 115 Å². The average molecular weight is 514 g/mol. The van der Waals surface area contributed by atoms with Gasteiger partial charge in [-0.25, -0.2) is 0 Å². The number of hydrogen-bond acceptors (Lipinski definition) is 6. The summed E-state index contributed by atoms with van der Waals surface area (Å²) < 4.78 is 11.5. The Morgan fingerprint density at radius 3 is 2.19 bits per heavy atom. The van der Waals surface area contributed by atoms with E-state index in [1.165, 1.54) is 0 Å². The SMILES string of the molecule is CCCCCC(OC(=O)CCCC(=O)OCC[N+](C)(C)C)C(O)CC=CCCCCCCCC(N)=O. The average Bonchev–Trinajstić information content (AvgIpc) is 2.78. The zero-order valence-corrected chi connectivity index (χ0v) is 23.3. The van der Waals surface area contributed by atoms with Crippen molar-refractivity contribution in [2.24, 2.45) is 5.73 Å².